The standard InChI is InChI=1S/C15H15N3O4/c1-2-3-9-4-5-12-10(6-9)13(18-8-17-12)16-7-11(14(19)20)15(21)22/h4-8H,2-3H2,1H3,(H,19,20)(H,21,22)(H,16,17,18)/p-2. The van der Waals surface area contributed by atoms with Gasteiger partial charge < -0.3 is 25.1 Å². The lowest BCUT2D eigenvalue weighted by Crippen LogP contribution is -2.36. The van der Waals surface area contributed by atoms with Gasteiger partial charge in [-0.15, -0.1) is 0 Å². The second-order valence-electron chi connectivity index (χ2n) is 4.60. The Bertz CT molecular complexity index is 740. The van der Waals surface area contributed by atoms with Gasteiger partial charge in [0.15, 0.2) is 0 Å². The van der Waals surface area contributed by atoms with Crippen molar-refractivity contribution in [2.45, 2.75) is 19.8 Å². The summed E-state index contributed by atoms with van der Waals surface area (Å²) < 4.78 is 0. The first kappa shape index (κ1) is 15.4. The number of carboxylic acid groups (broad SMARTS) is 2. The van der Waals surface area contributed by atoms with Gasteiger partial charge in [0.05, 0.1) is 17.5 Å². The Morgan fingerprint density at radius 3 is 2.59 bits per heavy atom. The van der Waals surface area contributed by atoms with E-state index >= 15 is 0 Å². The van der Waals surface area contributed by atoms with Gasteiger partial charge in [-0.25, -0.2) is 9.97 Å². The van der Waals surface area contributed by atoms with Crippen molar-refractivity contribution in [1.29, 1.82) is 0 Å². The lowest BCUT2D eigenvalue weighted by molar-refractivity contribution is -0.312. The number of nitrogens with zero attached hydrogens (tertiary/aromatic N) is 2. The predicted octanol–water partition coefficient (Wildman–Crippen LogP) is -0.622. The number of carbonyl (C=O) groups is 2. The summed E-state index contributed by atoms with van der Waals surface area (Å²) in [7, 11) is 0. The molecule has 7 heteroatoms. The Labute approximate surface area is 126 Å². The normalized spacial score (nSPS) is 10.2. The monoisotopic (exact) mass is 299 g/mol. The average Bonchev–Trinajstić information content (AvgIpc) is 2.47. The fourth-order valence-electron chi connectivity index (χ4n) is 2.00. The van der Waals surface area contributed by atoms with Gasteiger partial charge in [-0.2, -0.15) is 0 Å². The Morgan fingerprint density at radius 2 is 1.95 bits per heavy atom. The quantitative estimate of drug-likeness (QED) is 0.429. The molecule has 1 aromatic heterocycles. The maximum absolute atomic E-state index is 10.7. The first-order valence-corrected chi connectivity index (χ1v) is 6.66. The molecular formula is C15H13N3O4-2. The van der Waals surface area contributed by atoms with Crippen molar-refractivity contribution in [1.82, 2.24) is 9.97 Å². The third kappa shape index (κ3) is 3.38. The van der Waals surface area contributed by atoms with Crippen molar-refractivity contribution in [2.75, 3.05) is 5.32 Å². The van der Waals surface area contributed by atoms with E-state index in [1.54, 1.807) is 0 Å². The number of anilines is 1. The number of fused-ring (bicyclic) bond motifs is 1. The van der Waals surface area contributed by atoms with E-state index in [0.29, 0.717) is 16.7 Å². The predicted molar refractivity (Wildman–Crippen MR) is 75.3 cm³/mol. The van der Waals surface area contributed by atoms with Gasteiger partial charge >= 0.3 is 0 Å². The van der Waals surface area contributed by atoms with Crippen molar-refractivity contribution in [3.05, 3.63) is 41.9 Å². The van der Waals surface area contributed by atoms with Crippen molar-refractivity contribution >= 4 is 28.7 Å². The van der Waals surface area contributed by atoms with Crippen LogP contribution in [0.25, 0.3) is 10.9 Å². The Kier molecular flexibility index (Phi) is 4.67. The summed E-state index contributed by atoms with van der Waals surface area (Å²) in [4.78, 5) is 29.5. The number of aliphatic carboxylic acids is 2. The van der Waals surface area contributed by atoms with Crippen LogP contribution in [0.3, 0.4) is 0 Å². The third-order valence-corrected chi connectivity index (χ3v) is 3.03. The summed E-state index contributed by atoms with van der Waals surface area (Å²) in [5.41, 5.74) is 0.752. The highest BCUT2D eigenvalue weighted by molar-refractivity contribution is 6.11. The molecule has 0 unspecified atom stereocenters. The minimum Gasteiger partial charge on any atom is -0.545 e. The van der Waals surface area contributed by atoms with E-state index in [2.05, 4.69) is 22.2 Å². The van der Waals surface area contributed by atoms with Gasteiger partial charge in [-0.3, -0.25) is 0 Å². The fourth-order valence-corrected chi connectivity index (χ4v) is 2.00. The van der Waals surface area contributed by atoms with Crippen LogP contribution in [-0.2, 0) is 16.0 Å². The average molecular weight is 299 g/mol. The lowest BCUT2D eigenvalue weighted by Gasteiger charge is -2.11. The van der Waals surface area contributed by atoms with Crippen molar-refractivity contribution < 1.29 is 19.8 Å². The Hall–Kier alpha value is -2.96. The van der Waals surface area contributed by atoms with Gasteiger partial charge in [0.2, 0.25) is 0 Å². The Balaban J connectivity index is 2.42. The molecule has 0 fully saturated rings. The van der Waals surface area contributed by atoms with E-state index in [1.165, 1.54) is 6.33 Å². The van der Waals surface area contributed by atoms with E-state index in [4.69, 9.17) is 0 Å². The van der Waals surface area contributed by atoms with E-state index in [1.807, 2.05) is 18.2 Å². The molecule has 0 saturated carbocycles. The molecule has 0 aliphatic carbocycles. The topological polar surface area (TPSA) is 118 Å². The zero-order valence-electron chi connectivity index (χ0n) is 11.8. The molecule has 2 aromatic rings. The molecule has 0 amide bonds. The fraction of sp³-hybridized carbons (Fsp3) is 0.200. The van der Waals surface area contributed by atoms with E-state index in [0.717, 1.165) is 24.6 Å². The number of rotatable bonds is 6. The lowest BCUT2D eigenvalue weighted by atomic mass is 10.1. The second kappa shape index (κ2) is 6.66. The number of carboxylic acids is 2. The largest absolute Gasteiger partial charge is 0.545 e. The van der Waals surface area contributed by atoms with Crippen LogP contribution in [-0.4, -0.2) is 21.9 Å². The van der Waals surface area contributed by atoms with Crippen LogP contribution in [0.15, 0.2) is 36.3 Å². The summed E-state index contributed by atoms with van der Waals surface area (Å²) in [6.45, 7) is 2.06. The molecule has 7 nitrogen and oxygen atoms in total. The van der Waals surface area contributed by atoms with Crippen LogP contribution in [0.5, 0.6) is 0 Å². The van der Waals surface area contributed by atoms with Gasteiger partial charge in [-0.05, 0) is 24.1 Å². The molecule has 0 aliphatic heterocycles. The number of hydrogen-bond acceptors (Lipinski definition) is 7. The van der Waals surface area contributed by atoms with Crippen molar-refractivity contribution in [3.8, 4) is 0 Å². The van der Waals surface area contributed by atoms with E-state index in [9.17, 15) is 19.8 Å². The molecule has 0 saturated heterocycles. The SMILES string of the molecule is CCCc1ccc2ncnc(NC=C(C(=O)[O-])C(=O)[O-])c2c1. The first-order valence-electron chi connectivity index (χ1n) is 6.66. The number of carbonyl (C=O) groups excluding carboxylic acids is 2. The molecule has 0 atom stereocenters. The highest BCUT2D eigenvalue weighted by Crippen LogP contribution is 2.21. The highest BCUT2D eigenvalue weighted by atomic mass is 16.4. The van der Waals surface area contributed by atoms with Crippen LogP contribution in [0.2, 0.25) is 0 Å². The highest BCUT2D eigenvalue weighted by Gasteiger charge is 2.05. The van der Waals surface area contributed by atoms with E-state index in [-0.39, 0.29) is 0 Å². The third-order valence-electron chi connectivity index (χ3n) is 3.03. The minimum atomic E-state index is -1.84. The van der Waals surface area contributed by atoms with Gasteiger partial charge in [0, 0.05) is 17.2 Å². The number of benzene rings is 1. The van der Waals surface area contributed by atoms with Crippen LogP contribution in [0.1, 0.15) is 18.9 Å². The van der Waals surface area contributed by atoms with Gasteiger partial charge in [-0.1, -0.05) is 19.4 Å². The van der Waals surface area contributed by atoms with Gasteiger partial charge in [0.1, 0.15) is 12.1 Å². The van der Waals surface area contributed by atoms with Crippen molar-refractivity contribution in [2.24, 2.45) is 0 Å². The van der Waals surface area contributed by atoms with E-state index < -0.39 is 17.5 Å². The maximum atomic E-state index is 10.7. The Morgan fingerprint density at radius 1 is 1.23 bits per heavy atom. The molecule has 1 aromatic carbocycles. The summed E-state index contributed by atoms with van der Waals surface area (Å²) >= 11 is 0. The minimum absolute atomic E-state index is 0.308. The zero-order valence-corrected chi connectivity index (χ0v) is 11.8. The second-order valence-corrected chi connectivity index (χ2v) is 4.60. The molecule has 1 heterocycles. The summed E-state index contributed by atoms with van der Waals surface area (Å²) in [5.74, 6) is -3.36. The summed E-state index contributed by atoms with van der Waals surface area (Å²) in [5, 5.41) is 24.6. The zero-order chi connectivity index (χ0) is 16.1. The number of aromatic nitrogens is 2. The molecule has 0 spiro atoms. The number of nitrogens with one attached hydrogen (secondary N) is 1. The molecule has 1 N–H and O–H groups in total. The summed E-state index contributed by atoms with van der Waals surface area (Å²) in [6, 6.07) is 5.66. The summed E-state index contributed by atoms with van der Waals surface area (Å²) in [6.07, 6.45) is 3.94. The first-order chi connectivity index (χ1) is 10.5. The van der Waals surface area contributed by atoms with Crippen molar-refractivity contribution in [3.63, 3.8) is 0 Å². The molecule has 0 aliphatic rings. The smallest absolute Gasteiger partial charge is 0.141 e. The molecule has 0 radical (unpaired) electrons. The van der Waals surface area contributed by atoms with Crippen LogP contribution >= 0.6 is 0 Å². The number of aryl methyl sites for hydroxylation is 1. The van der Waals surface area contributed by atoms with Gasteiger partial charge in [0.25, 0.3) is 0 Å². The molecule has 2 rings (SSSR count). The van der Waals surface area contributed by atoms with Crippen LogP contribution in [0.4, 0.5) is 5.82 Å². The maximum Gasteiger partial charge on any atom is 0.141 e. The molecular weight excluding hydrogens is 286 g/mol. The molecule has 0 bridgehead atoms. The molecule has 22 heavy (non-hydrogen) atoms. The van der Waals surface area contributed by atoms with Crippen LogP contribution < -0.4 is 15.5 Å². The molecule has 114 valence electrons. The van der Waals surface area contributed by atoms with Crippen LogP contribution in [0, 0.1) is 0 Å². The number of hydrogen-bond donors (Lipinski definition) is 1.